The summed E-state index contributed by atoms with van der Waals surface area (Å²) in [6.07, 6.45) is 1.59. The van der Waals surface area contributed by atoms with Gasteiger partial charge in [-0.15, -0.1) is 0 Å². The first-order valence-corrected chi connectivity index (χ1v) is 10.4. The van der Waals surface area contributed by atoms with Crippen LogP contribution >= 0.6 is 0 Å². The van der Waals surface area contributed by atoms with Crippen LogP contribution < -0.4 is 0 Å². The van der Waals surface area contributed by atoms with E-state index in [1.165, 1.54) is 6.07 Å². The van der Waals surface area contributed by atoms with E-state index in [2.05, 4.69) is 24.7 Å². The van der Waals surface area contributed by atoms with Crippen LogP contribution in [0.2, 0.25) is 25.7 Å². The molecule has 0 radical (unpaired) electrons. The average molecular weight is 296 g/mol. The number of hydrogen-bond donors (Lipinski definition) is 1. The van der Waals surface area contributed by atoms with Crippen LogP contribution in [0.4, 0.5) is 4.39 Å². The van der Waals surface area contributed by atoms with Crippen molar-refractivity contribution in [2.75, 3.05) is 6.61 Å². The Morgan fingerprint density at radius 3 is 2.75 bits per heavy atom. The predicted octanol–water partition coefficient (Wildman–Crippen LogP) is 3.50. The molecule has 4 nitrogen and oxygen atoms in total. The molecule has 0 saturated carbocycles. The van der Waals surface area contributed by atoms with Gasteiger partial charge in [-0.05, 0) is 19.0 Å². The van der Waals surface area contributed by atoms with Crippen LogP contribution in [-0.4, -0.2) is 29.6 Å². The zero-order valence-electron chi connectivity index (χ0n) is 12.4. The Kier molecular flexibility index (Phi) is 4.15. The fraction of sp³-hybridized carbons (Fsp3) is 0.500. The van der Waals surface area contributed by atoms with Crippen molar-refractivity contribution in [3.63, 3.8) is 0 Å². The molecule has 0 fully saturated rings. The van der Waals surface area contributed by atoms with E-state index in [1.54, 1.807) is 17.8 Å². The van der Waals surface area contributed by atoms with E-state index in [-0.39, 0.29) is 5.75 Å². The number of halogens is 1. The third kappa shape index (κ3) is 3.19. The number of rotatable bonds is 5. The zero-order valence-corrected chi connectivity index (χ0v) is 13.4. The minimum Gasteiger partial charge on any atom is -0.505 e. The Hall–Kier alpha value is -1.40. The maximum absolute atomic E-state index is 13.4. The van der Waals surface area contributed by atoms with Gasteiger partial charge in [0, 0.05) is 25.6 Å². The summed E-state index contributed by atoms with van der Waals surface area (Å²) < 4.78 is 20.8. The molecule has 0 spiro atoms. The molecule has 2 aromatic rings. The lowest BCUT2D eigenvalue weighted by atomic mass is 10.1. The van der Waals surface area contributed by atoms with Crippen LogP contribution in [0, 0.1) is 12.7 Å². The Morgan fingerprint density at radius 2 is 2.10 bits per heavy atom. The van der Waals surface area contributed by atoms with E-state index in [4.69, 9.17) is 4.74 Å². The number of phenols is 1. The number of aromatic hydroxyl groups is 1. The fourth-order valence-corrected chi connectivity index (χ4v) is 2.80. The monoisotopic (exact) mass is 296 g/mol. The molecule has 0 aliphatic rings. The topological polar surface area (TPSA) is 47.3 Å². The van der Waals surface area contributed by atoms with Crippen LogP contribution in [0.25, 0.3) is 10.9 Å². The molecule has 0 bridgehead atoms. The lowest BCUT2D eigenvalue weighted by Crippen LogP contribution is -2.22. The zero-order chi connectivity index (χ0) is 14.9. The lowest BCUT2D eigenvalue weighted by Gasteiger charge is -2.15. The van der Waals surface area contributed by atoms with Crippen molar-refractivity contribution in [2.24, 2.45) is 0 Å². The molecule has 0 aliphatic heterocycles. The summed E-state index contributed by atoms with van der Waals surface area (Å²) in [6, 6.07) is 2.38. The molecule has 0 amide bonds. The molecule has 2 rings (SSSR count). The van der Waals surface area contributed by atoms with Gasteiger partial charge in [-0.3, -0.25) is 0 Å². The summed E-state index contributed by atoms with van der Waals surface area (Å²) in [5, 5.41) is 14.5. The molecule has 0 unspecified atom stereocenters. The molecular weight excluding hydrogens is 275 g/mol. The van der Waals surface area contributed by atoms with Crippen LogP contribution in [0.1, 0.15) is 5.56 Å². The van der Waals surface area contributed by atoms with Crippen LogP contribution in [0.15, 0.2) is 12.3 Å². The molecule has 0 aliphatic carbocycles. The van der Waals surface area contributed by atoms with Gasteiger partial charge in [0.15, 0.2) is 11.6 Å². The third-order valence-corrected chi connectivity index (χ3v) is 5.00. The molecule has 1 N–H and O–H groups in total. The Bertz CT molecular complexity index is 620. The maximum atomic E-state index is 13.4. The molecule has 1 aromatic heterocycles. The molecule has 110 valence electrons. The number of hydrogen-bond acceptors (Lipinski definition) is 3. The average Bonchev–Trinajstić information content (AvgIpc) is 2.74. The molecule has 6 heteroatoms. The lowest BCUT2D eigenvalue weighted by molar-refractivity contribution is 0.0816. The Balaban J connectivity index is 2.14. The second kappa shape index (κ2) is 5.53. The van der Waals surface area contributed by atoms with E-state index in [1.807, 2.05) is 0 Å². The number of ether oxygens (including phenoxy) is 1. The minimum absolute atomic E-state index is 0.318. The van der Waals surface area contributed by atoms with Crippen LogP contribution in [0.3, 0.4) is 0 Å². The smallest absolute Gasteiger partial charge is 0.165 e. The minimum atomic E-state index is -1.10. The van der Waals surface area contributed by atoms with Gasteiger partial charge in [0.2, 0.25) is 0 Å². The van der Waals surface area contributed by atoms with Crippen LogP contribution in [0.5, 0.6) is 5.75 Å². The maximum Gasteiger partial charge on any atom is 0.165 e. The van der Waals surface area contributed by atoms with Crippen molar-refractivity contribution in [3.05, 3.63) is 23.6 Å². The number of nitrogens with zero attached hydrogens (tertiary/aromatic N) is 2. The predicted molar refractivity (Wildman–Crippen MR) is 80.2 cm³/mol. The molecule has 1 heterocycles. The van der Waals surface area contributed by atoms with Crippen molar-refractivity contribution < 1.29 is 14.2 Å². The Morgan fingerprint density at radius 1 is 1.40 bits per heavy atom. The van der Waals surface area contributed by atoms with Crippen molar-refractivity contribution in [1.82, 2.24) is 9.78 Å². The molecule has 1 aromatic carbocycles. The van der Waals surface area contributed by atoms with E-state index >= 15 is 0 Å². The van der Waals surface area contributed by atoms with E-state index in [0.717, 1.165) is 11.6 Å². The van der Waals surface area contributed by atoms with Gasteiger partial charge in [-0.1, -0.05) is 19.6 Å². The largest absolute Gasteiger partial charge is 0.505 e. The number of aromatic nitrogens is 2. The summed E-state index contributed by atoms with van der Waals surface area (Å²) >= 11 is 0. The third-order valence-electron chi connectivity index (χ3n) is 3.30. The first kappa shape index (κ1) is 15.0. The van der Waals surface area contributed by atoms with Crippen molar-refractivity contribution in [2.45, 2.75) is 39.3 Å². The number of benzene rings is 1. The van der Waals surface area contributed by atoms with E-state index in [9.17, 15) is 9.50 Å². The molecule has 0 saturated heterocycles. The first-order valence-electron chi connectivity index (χ1n) is 6.71. The highest BCUT2D eigenvalue weighted by Crippen LogP contribution is 2.29. The molecule has 0 atom stereocenters. The van der Waals surface area contributed by atoms with Gasteiger partial charge in [0.1, 0.15) is 6.73 Å². The van der Waals surface area contributed by atoms with Gasteiger partial charge >= 0.3 is 0 Å². The second-order valence-corrected chi connectivity index (χ2v) is 11.9. The highest BCUT2D eigenvalue weighted by molar-refractivity contribution is 6.76. The van der Waals surface area contributed by atoms with Gasteiger partial charge in [-0.2, -0.15) is 5.10 Å². The summed E-state index contributed by atoms with van der Waals surface area (Å²) in [6.45, 7) is 9.59. The second-order valence-electron chi connectivity index (χ2n) is 6.26. The molecular formula is C14H21FN2O2Si. The normalized spacial score (nSPS) is 12.2. The van der Waals surface area contributed by atoms with E-state index < -0.39 is 13.9 Å². The number of phenolic OH excluding ortho intramolecular Hbond substituents is 1. The van der Waals surface area contributed by atoms with Gasteiger partial charge in [0.05, 0.1) is 11.7 Å². The summed E-state index contributed by atoms with van der Waals surface area (Å²) in [5.41, 5.74) is 1.21. The molecule has 20 heavy (non-hydrogen) atoms. The van der Waals surface area contributed by atoms with Crippen molar-refractivity contribution in [3.8, 4) is 5.75 Å². The number of fused-ring (bicyclic) bond motifs is 1. The van der Waals surface area contributed by atoms with Gasteiger partial charge < -0.3 is 9.84 Å². The SMILES string of the molecule is Cc1c(O)c(F)cc2cnn(COCC[Si](C)(C)C)c12. The van der Waals surface area contributed by atoms with E-state index in [0.29, 0.717) is 24.3 Å². The summed E-state index contributed by atoms with van der Waals surface area (Å²) in [7, 11) is -1.10. The first-order chi connectivity index (χ1) is 9.29. The highest BCUT2D eigenvalue weighted by Gasteiger charge is 2.15. The summed E-state index contributed by atoms with van der Waals surface area (Å²) in [4.78, 5) is 0. The fourth-order valence-electron chi connectivity index (χ4n) is 2.04. The standard InChI is InChI=1S/C14H21FN2O2Si/c1-10-13-11(7-12(15)14(10)18)8-16-17(13)9-19-5-6-20(2,3)4/h7-8,18H,5-6,9H2,1-4H3. The van der Waals surface area contributed by atoms with Gasteiger partial charge in [-0.25, -0.2) is 9.07 Å². The van der Waals surface area contributed by atoms with Gasteiger partial charge in [0.25, 0.3) is 0 Å². The van der Waals surface area contributed by atoms with Crippen molar-refractivity contribution in [1.29, 1.82) is 0 Å². The van der Waals surface area contributed by atoms with Crippen molar-refractivity contribution >= 4 is 19.0 Å². The highest BCUT2D eigenvalue weighted by atomic mass is 28.3. The van der Waals surface area contributed by atoms with Crippen LogP contribution in [-0.2, 0) is 11.5 Å². The summed E-state index contributed by atoms with van der Waals surface area (Å²) in [5.74, 6) is -0.935. The quantitative estimate of drug-likeness (QED) is 0.678. The number of aryl methyl sites for hydroxylation is 1. The Labute approximate surface area is 119 Å².